The maximum Gasteiger partial charge on any atom is 0.250 e. The summed E-state index contributed by atoms with van der Waals surface area (Å²) in [5.41, 5.74) is 3.29. The van der Waals surface area contributed by atoms with Crippen LogP contribution in [-0.2, 0) is 17.8 Å². The Morgan fingerprint density at radius 2 is 1.92 bits per heavy atom. The van der Waals surface area contributed by atoms with Gasteiger partial charge in [0.15, 0.2) is 0 Å². The summed E-state index contributed by atoms with van der Waals surface area (Å²) in [5.74, 6) is 0.125. The van der Waals surface area contributed by atoms with Gasteiger partial charge in [0.1, 0.15) is 6.04 Å². The second-order valence-electron chi connectivity index (χ2n) is 6.25. The normalized spacial score (nSPS) is 16.1. The zero-order chi connectivity index (χ0) is 17.2. The molecule has 1 atom stereocenters. The first-order chi connectivity index (χ1) is 12.2. The Kier molecular flexibility index (Phi) is 5.79. The molecule has 3 aromatic rings. The minimum atomic E-state index is -0.348. The van der Waals surface area contributed by atoms with Gasteiger partial charge in [0.2, 0.25) is 0 Å². The second kappa shape index (κ2) is 8.06. The third-order valence-corrected chi connectivity index (χ3v) is 5.09. The van der Waals surface area contributed by atoms with Crippen molar-refractivity contribution in [2.45, 2.75) is 19.0 Å². The Morgan fingerprint density at radius 1 is 1.12 bits per heavy atom. The monoisotopic (exact) mass is 431 g/mol. The molecule has 4 rings (SSSR count). The molecule has 1 aliphatic heterocycles. The standard InChI is InChI=1S/C20H18BrN3O.ClH/c21-17-8-4-7-16(11-17)19-20(25)23(13-18-12-22-14-24(18)19)10-9-15-5-2-1-3-6-15;/h1-8,11-12,14,19H,9-10,13H2;1H. The Bertz CT molecular complexity index is 897. The Morgan fingerprint density at radius 3 is 2.69 bits per heavy atom. The lowest BCUT2D eigenvalue weighted by Gasteiger charge is -2.34. The summed E-state index contributed by atoms with van der Waals surface area (Å²) >= 11 is 3.51. The van der Waals surface area contributed by atoms with Crippen molar-refractivity contribution < 1.29 is 4.79 Å². The van der Waals surface area contributed by atoms with E-state index >= 15 is 0 Å². The van der Waals surface area contributed by atoms with Crippen molar-refractivity contribution in [3.63, 3.8) is 0 Å². The summed E-state index contributed by atoms with van der Waals surface area (Å²) in [4.78, 5) is 19.4. The largest absolute Gasteiger partial charge is 0.334 e. The lowest BCUT2D eigenvalue weighted by atomic mass is 10.0. The zero-order valence-electron chi connectivity index (χ0n) is 14.1. The van der Waals surface area contributed by atoms with E-state index in [4.69, 9.17) is 0 Å². The van der Waals surface area contributed by atoms with Gasteiger partial charge in [-0.15, -0.1) is 12.4 Å². The van der Waals surface area contributed by atoms with E-state index in [2.05, 4.69) is 33.0 Å². The van der Waals surface area contributed by atoms with Crippen LogP contribution in [0, 0.1) is 0 Å². The number of carbonyl (C=O) groups excluding carboxylic acids is 1. The first-order valence-corrected chi connectivity index (χ1v) is 9.10. The molecule has 134 valence electrons. The van der Waals surface area contributed by atoms with E-state index in [-0.39, 0.29) is 24.4 Å². The van der Waals surface area contributed by atoms with Gasteiger partial charge in [-0.2, -0.15) is 0 Å². The fourth-order valence-corrected chi connectivity index (χ4v) is 3.75. The molecule has 0 spiro atoms. The topological polar surface area (TPSA) is 38.1 Å². The molecule has 0 N–H and O–H groups in total. The predicted octanol–water partition coefficient (Wildman–Crippen LogP) is 4.24. The Balaban J connectivity index is 0.00000196. The Labute approximate surface area is 167 Å². The lowest BCUT2D eigenvalue weighted by molar-refractivity contribution is -0.136. The number of aromatic nitrogens is 2. The van der Waals surface area contributed by atoms with Crippen LogP contribution in [0.2, 0.25) is 0 Å². The number of amides is 1. The van der Waals surface area contributed by atoms with Gasteiger partial charge in [-0.1, -0.05) is 58.4 Å². The van der Waals surface area contributed by atoms with Crippen LogP contribution in [0.1, 0.15) is 22.9 Å². The molecule has 2 heterocycles. The van der Waals surface area contributed by atoms with Crippen molar-refractivity contribution in [3.05, 3.63) is 88.4 Å². The minimum absolute atomic E-state index is 0. The van der Waals surface area contributed by atoms with Gasteiger partial charge in [0.05, 0.1) is 18.6 Å². The molecule has 1 aliphatic rings. The molecule has 0 fully saturated rings. The quantitative estimate of drug-likeness (QED) is 0.618. The second-order valence-corrected chi connectivity index (χ2v) is 7.16. The van der Waals surface area contributed by atoms with Crippen molar-refractivity contribution in [3.8, 4) is 0 Å². The van der Waals surface area contributed by atoms with Gasteiger partial charge in [-0.25, -0.2) is 4.98 Å². The molecule has 2 aromatic carbocycles. The number of rotatable bonds is 4. The van der Waals surface area contributed by atoms with Crippen molar-refractivity contribution in [2.24, 2.45) is 0 Å². The highest BCUT2D eigenvalue weighted by Crippen LogP contribution is 2.29. The van der Waals surface area contributed by atoms with Crippen molar-refractivity contribution >= 4 is 34.2 Å². The summed E-state index contributed by atoms with van der Waals surface area (Å²) in [7, 11) is 0. The molecule has 1 amide bonds. The molecule has 0 radical (unpaired) electrons. The minimum Gasteiger partial charge on any atom is -0.334 e. The fourth-order valence-electron chi connectivity index (χ4n) is 3.33. The van der Waals surface area contributed by atoms with E-state index in [0.717, 1.165) is 22.2 Å². The molecule has 6 heteroatoms. The van der Waals surface area contributed by atoms with E-state index in [1.807, 2.05) is 58.1 Å². The number of benzene rings is 2. The summed E-state index contributed by atoms with van der Waals surface area (Å²) in [6.45, 7) is 1.31. The van der Waals surface area contributed by atoms with Gasteiger partial charge < -0.3 is 9.47 Å². The number of fused-ring (bicyclic) bond motifs is 1. The van der Waals surface area contributed by atoms with Gasteiger partial charge >= 0.3 is 0 Å². The predicted molar refractivity (Wildman–Crippen MR) is 107 cm³/mol. The summed E-state index contributed by atoms with van der Waals surface area (Å²) in [6, 6.07) is 17.9. The van der Waals surface area contributed by atoms with Crippen LogP contribution in [0.15, 0.2) is 71.6 Å². The average Bonchev–Trinajstić information content (AvgIpc) is 3.08. The van der Waals surface area contributed by atoms with E-state index in [0.29, 0.717) is 13.1 Å². The number of hydrogen-bond acceptors (Lipinski definition) is 2. The van der Waals surface area contributed by atoms with Crippen LogP contribution in [0.3, 0.4) is 0 Å². The van der Waals surface area contributed by atoms with E-state index in [9.17, 15) is 4.79 Å². The molecule has 4 nitrogen and oxygen atoms in total. The lowest BCUT2D eigenvalue weighted by Crippen LogP contribution is -2.43. The van der Waals surface area contributed by atoms with Crippen molar-refractivity contribution in [1.82, 2.24) is 14.5 Å². The highest BCUT2D eigenvalue weighted by atomic mass is 79.9. The van der Waals surface area contributed by atoms with Gasteiger partial charge in [-0.3, -0.25) is 4.79 Å². The highest BCUT2D eigenvalue weighted by molar-refractivity contribution is 9.10. The van der Waals surface area contributed by atoms with Gasteiger partial charge in [0, 0.05) is 17.2 Å². The molecule has 0 aliphatic carbocycles. The average molecular weight is 433 g/mol. The molecule has 0 saturated carbocycles. The number of nitrogens with zero attached hydrogens (tertiary/aromatic N) is 3. The zero-order valence-corrected chi connectivity index (χ0v) is 16.5. The summed E-state index contributed by atoms with van der Waals surface area (Å²) < 4.78 is 2.96. The number of imidazole rings is 1. The van der Waals surface area contributed by atoms with Crippen LogP contribution in [0.25, 0.3) is 0 Å². The van der Waals surface area contributed by atoms with E-state index in [1.165, 1.54) is 5.56 Å². The molecule has 1 unspecified atom stereocenters. The number of halogens is 2. The first kappa shape index (κ1) is 18.7. The SMILES string of the molecule is Cl.O=C1C(c2cccc(Br)c2)n2cncc2CN1CCc1ccccc1. The van der Waals surface area contributed by atoms with Crippen LogP contribution >= 0.6 is 28.3 Å². The van der Waals surface area contributed by atoms with E-state index in [1.54, 1.807) is 6.33 Å². The molecule has 0 bridgehead atoms. The number of hydrogen-bond donors (Lipinski definition) is 0. The highest BCUT2D eigenvalue weighted by Gasteiger charge is 2.33. The van der Waals surface area contributed by atoms with Gasteiger partial charge in [0.25, 0.3) is 5.91 Å². The van der Waals surface area contributed by atoms with Gasteiger partial charge in [-0.05, 0) is 29.7 Å². The summed E-state index contributed by atoms with van der Waals surface area (Å²) in [6.07, 6.45) is 4.46. The summed E-state index contributed by atoms with van der Waals surface area (Å²) in [5, 5.41) is 0. The molecular weight excluding hydrogens is 414 g/mol. The van der Waals surface area contributed by atoms with Crippen molar-refractivity contribution in [2.75, 3.05) is 6.54 Å². The maximum atomic E-state index is 13.2. The van der Waals surface area contributed by atoms with Crippen LogP contribution < -0.4 is 0 Å². The van der Waals surface area contributed by atoms with E-state index < -0.39 is 0 Å². The van der Waals surface area contributed by atoms with Crippen molar-refractivity contribution in [1.29, 1.82) is 0 Å². The van der Waals surface area contributed by atoms with Crippen LogP contribution in [0.5, 0.6) is 0 Å². The third-order valence-electron chi connectivity index (χ3n) is 4.60. The maximum absolute atomic E-state index is 13.2. The third kappa shape index (κ3) is 3.69. The number of carbonyl (C=O) groups is 1. The molecule has 0 saturated heterocycles. The molecule has 1 aromatic heterocycles. The van der Waals surface area contributed by atoms with Crippen LogP contribution in [-0.4, -0.2) is 26.9 Å². The fraction of sp³-hybridized carbons (Fsp3) is 0.200. The Hall–Kier alpha value is -2.11. The molecular formula is C20H19BrClN3O. The molecule has 26 heavy (non-hydrogen) atoms. The van der Waals surface area contributed by atoms with Crippen LogP contribution in [0.4, 0.5) is 0 Å². The smallest absolute Gasteiger partial charge is 0.250 e. The first-order valence-electron chi connectivity index (χ1n) is 8.31.